The first kappa shape index (κ1) is 20.9. The smallest absolute Gasteiger partial charge is 0.0819 e. The Morgan fingerprint density at radius 2 is 1.52 bits per heavy atom. The molecule has 0 unspecified atom stereocenters. The first-order valence-electron chi connectivity index (χ1n) is 10.3. The molecule has 0 aromatic rings. The maximum Gasteiger partial charge on any atom is 0.0819 e. The number of rotatable bonds is 15. The SMILES string of the molecule is CCCCCCCC[C@H]1OCCC[C@@H]1CCCCCCCOO. The van der Waals surface area contributed by atoms with E-state index in [1.807, 2.05) is 0 Å². The summed E-state index contributed by atoms with van der Waals surface area (Å²) in [5.74, 6) is 0.806. The Morgan fingerprint density at radius 3 is 2.26 bits per heavy atom. The van der Waals surface area contributed by atoms with Crippen molar-refractivity contribution in [2.45, 2.75) is 109 Å². The summed E-state index contributed by atoms with van der Waals surface area (Å²) in [6.45, 7) is 3.75. The van der Waals surface area contributed by atoms with Crippen LogP contribution in [0.4, 0.5) is 0 Å². The molecule has 0 amide bonds. The van der Waals surface area contributed by atoms with Crippen LogP contribution in [-0.4, -0.2) is 24.6 Å². The van der Waals surface area contributed by atoms with Crippen molar-refractivity contribution < 1.29 is 14.9 Å². The summed E-state index contributed by atoms with van der Waals surface area (Å²) in [5.41, 5.74) is 0. The van der Waals surface area contributed by atoms with Crippen molar-refractivity contribution in [2.24, 2.45) is 5.92 Å². The Labute approximate surface area is 144 Å². The van der Waals surface area contributed by atoms with E-state index in [1.165, 1.54) is 89.9 Å². The van der Waals surface area contributed by atoms with Gasteiger partial charge in [-0.15, -0.1) is 0 Å². The van der Waals surface area contributed by atoms with Crippen LogP contribution in [0.15, 0.2) is 0 Å². The van der Waals surface area contributed by atoms with E-state index >= 15 is 0 Å². The van der Waals surface area contributed by atoms with Crippen LogP contribution in [0.1, 0.15) is 103 Å². The van der Waals surface area contributed by atoms with Crippen molar-refractivity contribution >= 4 is 0 Å². The first-order chi connectivity index (χ1) is 11.4. The second-order valence-corrected chi connectivity index (χ2v) is 7.26. The van der Waals surface area contributed by atoms with Crippen LogP contribution in [0.5, 0.6) is 0 Å². The Bertz CT molecular complexity index is 245. The molecule has 0 saturated carbocycles. The average molecular weight is 329 g/mol. The van der Waals surface area contributed by atoms with Crippen LogP contribution < -0.4 is 0 Å². The summed E-state index contributed by atoms with van der Waals surface area (Å²) in [4.78, 5) is 4.11. The lowest BCUT2D eigenvalue weighted by Gasteiger charge is -2.32. The van der Waals surface area contributed by atoms with Crippen LogP contribution in [0, 0.1) is 5.92 Å². The Balaban J connectivity index is 2.04. The zero-order valence-electron chi connectivity index (χ0n) is 15.4. The van der Waals surface area contributed by atoms with Gasteiger partial charge in [0, 0.05) is 6.61 Å². The van der Waals surface area contributed by atoms with Crippen LogP contribution in [0.2, 0.25) is 0 Å². The Kier molecular flexibility index (Phi) is 14.0. The predicted molar refractivity (Wildman–Crippen MR) is 96.7 cm³/mol. The molecule has 0 aromatic carbocycles. The van der Waals surface area contributed by atoms with Crippen LogP contribution in [0.3, 0.4) is 0 Å². The molecule has 1 aliphatic rings. The van der Waals surface area contributed by atoms with Crippen molar-refractivity contribution in [1.82, 2.24) is 0 Å². The number of hydrogen-bond acceptors (Lipinski definition) is 3. The molecule has 0 aromatic heterocycles. The standard InChI is InChI=1S/C20H40O3/c1-2-3-4-5-8-11-16-20-19(15-13-17-22-20)14-10-7-6-9-12-18-23-21/h19-21H,2-18H2,1H3/t19-,20+/m0/s1. The van der Waals surface area contributed by atoms with E-state index in [9.17, 15) is 0 Å². The monoisotopic (exact) mass is 328 g/mol. The van der Waals surface area contributed by atoms with E-state index in [0.29, 0.717) is 12.7 Å². The molecule has 0 radical (unpaired) electrons. The number of unbranched alkanes of at least 4 members (excludes halogenated alkanes) is 9. The highest BCUT2D eigenvalue weighted by Gasteiger charge is 2.24. The van der Waals surface area contributed by atoms with Gasteiger partial charge in [-0.3, -0.25) is 5.26 Å². The average Bonchev–Trinajstić information content (AvgIpc) is 2.58. The molecule has 1 fully saturated rings. The lowest BCUT2D eigenvalue weighted by atomic mass is 9.86. The fourth-order valence-corrected chi connectivity index (χ4v) is 3.78. The zero-order valence-corrected chi connectivity index (χ0v) is 15.4. The van der Waals surface area contributed by atoms with E-state index < -0.39 is 0 Å². The summed E-state index contributed by atoms with van der Waals surface area (Å²) in [6, 6.07) is 0. The van der Waals surface area contributed by atoms with Gasteiger partial charge in [-0.25, -0.2) is 4.89 Å². The summed E-state index contributed by atoms with van der Waals surface area (Å²) in [7, 11) is 0. The molecule has 1 heterocycles. The van der Waals surface area contributed by atoms with Crippen molar-refractivity contribution in [2.75, 3.05) is 13.2 Å². The van der Waals surface area contributed by atoms with Crippen molar-refractivity contribution in [3.63, 3.8) is 0 Å². The molecule has 3 nitrogen and oxygen atoms in total. The third-order valence-corrected chi connectivity index (χ3v) is 5.23. The van der Waals surface area contributed by atoms with E-state index in [0.717, 1.165) is 18.9 Å². The van der Waals surface area contributed by atoms with Crippen molar-refractivity contribution in [3.8, 4) is 0 Å². The van der Waals surface area contributed by atoms with Gasteiger partial charge in [0.2, 0.25) is 0 Å². The molecule has 0 spiro atoms. The van der Waals surface area contributed by atoms with E-state index in [1.54, 1.807) is 0 Å². The molecule has 138 valence electrons. The van der Waals surface area contributed by atoms with Crippen LogP contribution in [-0.2, 0) is 9.62 Å². The first-order valence-corrected chi connectivity index (χ1v) is 10.3. The normalized spacial score (nSPS) is 21.7. The quantitative estimate of drug-likeness (QED) is 0.216. The molecule has 0 aliphatic carbocycles. The fraction of sp³-hybridized carbons (Fsp3) is 1.00. The maximum atomic E-state index is 8.29. The van der Waals surface area contributed by atoms with E-state index in [2.05, 4.69) is 11.8 Å². The molecule has 1 rings (SSSR count). The van der Waals surface area contributed by atoms with Crippen LogP contribution >= 0.6 is 0 Å². The van der Waals surface area contributed by atoms with Gasteiger partial charge < -0.3 is 4.74 Å². The second kappa shape index (κ2) is 15.4. The fourth-order valence-electron chi connectivity index (χ4n) is 3.78. The van der Waals surface area contributed by atoms with Gasteiger partial charge in [-0.05, 0) is 38.0 Å². The molecule has 1 aliphatic heterocycles. The highest BCUT2D eigenvalue weighted by molar-refractivity contribution is 4.75. The van der Waals surface area contributed by atoms with Gasteiger partial charge in [-0.1, -0.05) is 71.1 Å². The minimum absolute atomic E-state index is 0.483. The molecule has 2 atom stereocenters. The Morgan fingerprint density at radius 1 is 0.870 bits per heavy atom. The largest absolute Gasteiger partial charge is 0.378 e. The molecule has 23 heavy (non-hydrogen) atoms. The van der Waals surface area contributed by atoms with E-state index in [-0.39, 0.29) is 0 Å². The summed E-state index contributed by atoms with van der Waals surface area (Å²) < 4.78 is 6.08. The van der Waals surface area contributed by atoms with Gasteiger partial charge >= 0.3 is 0 Å². The Hall–Kier alpha value is -0.120. The minimum Gasteiger partial charge on any atom is -0.378 e. The van der Waals surface area contributed by atoms with Crippen molar-refractivity contribution in [1.29, 1.82) is 0 Å². The maximum absolute atomic E-state index is 8.29. The van der Waals surface area contributed by atoms with E-state index in [4.69, 9.17) is 9.99 Å². The minimum atomic E-state index is 0.483. The van der Waals surface area contributed by atoms with Crippen LogP contribution in [0.25, 0.3) is 0 Å². The third kappa shape index (κ3) is 11.1. The lowest BCUT2D eigenvalue weighted by Crippen LogP contribution is -2.29. The topological polar surface area (TPSA) is 38.7 Å². The van der Waals surface area contributed by atoms with Gasteiger partial charge in [0.05, 0.1) is 12.7 Å². The molecular formula is C20H40O3. The highest BCUT2D eigenvalue weighted by atomic mass is 17.1. The molecule has 0 bridgehead atoms. The van der Waals surface area contributed by atoms with Gasteiger partial charge in [0.15, 0.2) is 0 Å². The molecular weight excluding hydrogens is 288 g/mol. The second-order valence-electron chi connectivity index (χ2n) is 7.26. The predicted octanol–water partition coefficient (Wildman–Crippen LogP) is 6.36. The summed E-state index contributed by atoms with van der Waals surface area (Å²) >= 11 is 0. The molecule has 1 saturated heterocycles. The highest BCUT2D eigenvalue weighted by Crippen LogP contribution is 2.29. The molecule has 1 N–H and O–H groups in total. The van der Waals surface area contributed by atoms with Gasteiger partial charge in [0.25, 0.3) is 0 Å². The van der Waals surface area contributed by atoms with Gasteiger partial charge in [-0.2, -0.15) is 0 Å². The summed E-state index contributed by atoms with van der Waals surface area (Å²) in [5, 5.41) is 8.29. The summed E-state index contributed by atoms with van der Waals surface area (Å²) in [6.07, 6.45) is 20.1. The van der Waals surface area contributed by atoms with Gasteiger partial charge in [0.1, 0.15) is 0 Å². The lowest BCUT2D eigenvalue weighted by molar-refractivity contribution is -0.242. The number of ether oxygens (including phenoxy) is 1. The molecule has 3 heteroatoms. The van der Waals surface area contributed by atoms with Crippen molar-refractivity contribution in [3.05, 3.63) is 0 Å². The third-order valence-electron chi connectivity index (χ3n) is 5.23. The number of hydrogen-bond donors (Lipinski definition) is 1. The zero-order chi connectivity index (χ0) is 16.6.